The molecule has 3 N–H and O–H groups in total. The molecule has 0 heterocycles. The molecule has 0 spiro atoms. The first-order valence-corrected chi connectivity index (χ1v) is 1.77. The van der Waals surface area contributed by atoms with Gasteiger partial charge in [0.15, 0.2) is 0 Å². The van der Waals surface area contributed by atoms with Gasteiger partial charge in [-0.3, -0.25) is 0 Å². The molecule has 52 valence electrons. The van der Waals surface area contributed by atoms with Crippen molar-refractivity contribution in [1.29, 1.82) is 0 Å². The largest absolute Gasteiger partial charge is 1.00 e. The minimum Gasteiger partial charge on any atom is -0.870 e. The quantitative estimate of drug-likeness (QED) is 0.333. The molecule has 5 nitrogen and oxygen atoms in total. The van der Waals surface area contributed by atoms with Crippen molar-refractivity contribution in [3.8, 4) is 0 Å². The van der Waals surface area contributed by atoms with E-state index in [9.17, 15) is 9.59 Å². The molecular formula is C4H5KO5. The summed E-state index contributed by atoms with van der Waals surface area (Å²) in [7, 11) is 0. The molecule has 0 aromatic rings. The van der Waals surface area contributed by atoms with Gasteiger partial charge in [0, 0.05) is 12.2 Å². The van der Waals surface area contributed by atoms with Gasteiger partial charge in [0.05, 0.1) is 0 Å². The van der Waals surface area contributed by atoms with Gasteiger partial charge in [-0.1, -0.05) is 0 Å². The van der Waals surface area contributed by atoms with Crippen LogP contribution < -0.4 is 51.4 Å². The molecular weight excluding hydrogens is 167 g/mol. The van der Waals surface area contributed by atoms with E-state index in [4.69, 9.17) is 10.2 Å². The monoisotopic (exact) mass is 172 g/mol. The van der Waals surface area contributed by atoms with Crippen LogP contribution in [0.15, 0.2) is 12.2 Å². The topological polar surface area (TPSA) is 105 Å². The second kappa shape index (κ2) is 9.28. The van der Waals surface area contributed by atoms with Gasteiger partial charge in [-0.2, -0.15) is 0 Å². The smallest absolute Gasteiger partial charge is 0.870 e. The van der Waals surface area contributed by atoms with Crippen LogP contribution in [0.25, 0.3) is 0 Å². The Labute approximate surface area is 99.5 Å². The summed E-state index contributed by atoms with van der Waals surface area (Å²) in [5.41, 5.74) is 0. The summed E-state index contributed by atoms with van der Waals surface area (Å²) >= 11 is 0. The van der Waals surface area contributed by atoms with E-state index in [2.05, 4.69) is 0 Å². The molecule has 0 aromatic heterocycles. The summed E-state index contributed by atoms with van der Waals surface area (Å²) in [5, 5.41) is 15.6. The zero-order chi connectivity index (χ0) is 6.57. The van der Waals surface area contributed by atoms with E-state index in [1.54, 1.807) is 0 Å². The van der Waals surface area contributed by atoms with Crippen molar-refractivity contribution in [2.24, 2.45) is 0 Å². The summed E-state index contributed by atoms with van der Waals surface area (Å²) < 4.78 is 0. The molecule has 0 rings (SSSR count). The van der Waals surface area contributed by atoms with E-state index >= 15 is 0 Å². The SMILES string of the molecule is O=C(O)/C=C\C(=O)O.[K+].[OH-]. The number of aliphatic carboxylic acids is 2. The Bertz CT molecular complexity index is 125. The Kier molecular flexibility index (Phi) is 15.5. The molecule has 0 saturated heterocycles. The van der Waals surface area contributed by atoms with Crippen LogP contribution in [0, 0.1) is 0 Å². The number of carboxylic acids is 2. The van der Waals surface area contributed by atoms with Crippen LogP contribution in [-0.4, -0.2) is 27.6 Å². The van der Waals surface area contributed by atoms with Gasteiger partial charge in [0.2, 0.25) is 0 Å². The van der Waals surface area contributed by atoms with Gasteiger partial charge in [0.1, 0.15) is 0 Å². The van der Waals surface area contributed by atoms with E-state index in [0.717, 1.165) is 0 Å². The van der Waals surface area contributed by atoms with E-state index < -0.39 is 11.9 Å². The molecule has 0 amide bonds. The van der Waals surface area contributed by atoms with Gasteiger partial charge in [-0.05, 0) is 0 Å². The van der Waals surface area contributed by atoms with Gasteiger partial charge in [-0.15, -0.1) is 0 Å². The van der Waals surface area contributed by atoms with Crippen LogP contribution in [0.1, 0.15) is 0 Å². The Morgan fingerprint density at radius 3 is 1.30 bits per heavy atom. The number of carbonyl (C=O) groups is 2. The first-order chi connectivity index (χ1) is 3.63. The Balaban J connectivity index is -0.000000245. The molecule has 6 heteroatoms. The summed E-state index contributed by atoms with van der Waals surface area (Å²) in [5.74, 6) is -2.51. The molecule has 10 heavy (non-hydrogen) atoms. The molecule has 0 unspecified atom stereocenters. The zero-order valence-corrected chi connectivity index (χ0v) is 8.44. The van der Waals surface area contributed by atoms with Crippen LogP contribution in [0.3, 0.4) is 0 Å². The number of carboxylic acid groups (broad SMARTS) is 2. The molecule has 0 fully saturated rings. The van der Waals surface area contributed by atoms with Crippen LogP contribution in [-0.2, 0) is 9.59 Å². The zero-order valence-electron chi connectivity index (χ0n) is 5.31. The van der Waals surface area contributed by atoms with Crippen molar-refractivity contribution in [1.82, 2.24) is 0 Å². The van der Waals surface area contributed by atoms with E-state index in [1.165, 1.54) is 0 Å². The van der Waals surface area contributed by atoms with Crippen molar-refractivity contribution in [2.45, 2.75) is 0 Å². The van der Waals surface area contributed by atoms with Crippen LogP contribution in [0.2, 0.25) is 0 Å². The molecule has 0 radical (unpaired) electrons. The molecule has 0 bridgehead atoms. The van der Waals surface area contributed by atoms with E-state index in [0.29, 0.717) is 12.2 Å². The average molecular weight is 172 g/mol. The Morgan fingerprint density at radius 1 is 1.00 bits per heavy atom. The van der Waals surface area contributed by atoms with Crippen molar-refractivity contribution in [3.63, 3.8) is 0 Å². The molecule has 0 aromatic carbocycles. The number of rotatable bonds is 2. The first-order valence-electron chi connectivity index (χ1n) is 1.77. The standard InChI is InChI=1S/C4H4O4.K.H2O/c5-3(6)1-2-4(7)8;;/h1-2H,(H,5,6)(H,7,8);;1H2/q;+1;/p-1/b2-1-;;. The predicted octanol–water partition coefficient (Wildman–Crippen LogP) is -3.46. The number of hydrogen-bond donors (Lipinski definition) is 2. The van der Waals surface area contributed by atoms with Gasteiger partial charge in [0.25, 0.3) is 0 Å². The molecule has 0 aliphatic heterocycles. The predicted molar refractivity (Wildman–Crippen MR) is 26.3 cm³/mol. The van der Waals surface area contributed by atoms with Gasteiger partial charge < -0.3 is 15.7 Å². The first kappa shape index (κ1) is 16.7. The fraction of sp³-hybridized carbons (Fsp3) is 0. The molecule has 0 atom stereocenters. The average Bonchev–Trinajstić information content (AvgIpc) is 1.61. The summed E-state index contributed by atoms with van der Waals surface area (Å²) in [4.78, 5) is 19.1. The van der Waals surface area contributed by atoms with Crippen LogP contribution in [0.5, 0.6) is 0 Å². The van der Waals surface area contributed by atoms with Crippen molar-refractivity contribution < 1.29 is 76.7 Å². The minimum absolute atomic E-state index is 0. The Hall–Kier alpha value is 0.276. The van der Waals surface area contributed by atoms with Gasteiger partial charge >= 0.3 is 63.3 Å². The minimum atomic E-state index is -1.26. The van der Waals surface area contributed by atoms with Crippen LogP contribution in [0.4, 0.5) is 0 Å². The third kappa shape index (κ3) is 15.7. The Morgan fingerprint density at radius 2 is 1.20 bits per heavy atom. The summed E-state index contributed by atoms with van der Waals surface area (Å²) in [6.45, 7) is 0. The maximum absolute atomic E-state index is 9.55. The molecule has 0 saturated carbocycles. The second-order valence-corrected chi connectivity index (χ2v) is 1.01. The third-order valence-electron chi connectivity index (χ3n) is 0.368. The van der Waals surface area contributed by atoms with Gasteiger partial charge in [-0.25, -0.2) is 9.59 Å². The number of hydrogen-bond acceptors (Lipinski definition) is 3. The van der Waals surface area contributed by atoms with E-state index in [1.807, 2.05) is 0 Å². The molecule has 0 aliphatic carbocycles. The normalized spacial score (nSPS) is 7.60. The van der Waals surface area contributed by atoms with Crippen molar-refractivity contribution in [2.75, 3.05) is 0 Å². The fourth-order valence-corrected chi connectivity index (χ4v) is 0.143. The van der Waals surface area contributed by atoms with E-state index in [-0.39, 0.29) is 56.9 Å². The third-order valence-corrected chi connectivity index (χ3v) is 0.368. The maximum Gasteiger partial charge on any atom is 1.00 e. The van der Waals surface area contributed by atoms with Crippen LogP contribution >= 0.6 is 0 Å². The fourth-order valence-electron chi connectivity index (χ4n) is 0.143. The van der Waals surface area contributed by atoms with Crippen molar-refractivity contribution in [3.05, 3.63) is 12.2 Å². The molecule has 0 aliphatic rings. The van der Waals surface area contributed by atoms with Crippen molar-refractivity contribution >= 4 is 11.9 Å². The second-order valence-electron chi connectivity index (χ2n) is 1.01. The summed E-state index contributed by atoms with van der Waals surface area (Å²) in [6.07, 6.45) is 1.12. The maximum atomic E-state index is 9.55. The summed E-state index contributed by atoms with van der Waals surface area (Å²) in [6, 6.07) is 0.